The lowest BCUT2D eigenvalue weighted by Crippen LogP contribution is -2.20. The van der Waals surface area contributed by atoms with Gasteiger partial charge in [-0.25, -0.2) is 0 Å². The van der Waals surface area contributed by atoms with Crippen LogP contribution in [-0.2, 0) is 11.2 Å². The Morgan fingerprint density at radius 3 is 2.29 bits per heavy atom. The number of ether oxygens (including phenoxy) is 1. The third-order valence-electron chi connectivity index (χ3n) is 2.04. The molecular weight excluding hydrogens is 390 g/mol. The summed E-state index contributed by atoms with van der Waals surface area (Å²) >= 11 is 2.10. The topological polar surface area (TPSA) is 26.3 Å². The molecule has 0 spiro atoms. The molecule has 0 aromatic heterocycles. The zero-order valence-electron chi connectivity index (χ0n) is 10.0. The third kappa shape index (κ3) is 6.60. The van der Waals surface area contributed by atoms with E-state index in [0.717, 1.165) is 18.2 Å². The number of thioether (sulfide) groups is 1. The van der Waals surface area contributed by atoms with Gasteiger partial charge < -0.3 is 4.74 Å². The quantitative estimate of drug-likeness (QED) is 0.409. The van der Waals surface area contributed by atoms with Crippen LogP contribution in [0.15, 0.2) is 23.1 Å². The Balaban J connectivity index is 3.23. The first-order chi connectivity index (χ1) is 9.52. The molecule has 0 radical (unpaired) electrons. The van der Waals surface area contributed by atoms with Gasteiger partial charge in [-0.1, -0.05) is 28.1 Å². The fourth-order valence-electron chi connectivity index (χ4n) is 1.40. The number of hydrogen-bond acceptors (Lipinski definition) is 3. The highest BCUT2D eigenvalue weighted by atomic mass is 79.9. The molecule has 0 saturated heterocycles. The van der Waals surface area contributed by atoms with Gasteiger partial charge in [-0.2, -0.15) is 13.2 Å². The van der Waals surface area contributed by atoms with E-state index >= 15 is 0 Å². The van der Waals surface area contributed by atoms with E-state index < -0.39 is 46.5 Å². The van der Waals surface area contributed by atoms with E-state index in [1.807, 2.05) is 0 Å². The molecule has 1 rings (SSSR count). The molecule has 0 unspecified atom stereocenters. The molecule has 0 bridgehead atoms. The van der Waals surface area contributed by atoms with Gasteiger partial charge in [0.25, 0.3) is 0 Å². The van der Waals surface area contributed by atoms with Gasteiger partial charge in [0.2, 0.25) is 0 Å². The van der Waals surface area contributed by atoms with Crippen molar-refractivity contribution in [3.8, 4) is 5.75 Å². The molecule has 0 aliphatic rings. The molecule has 0 fully saturated rings. The highest BCUT2D eigenvalue weighted by Gasteiger charge is 2.36. The molecule has 0 saturated carbocycles. The van der Waals surface area contributed by atoms with Gasteiger partial charge in [-0.3, -0.25) is 4.79 Å². The van der Waals surface area contributed by atoms with Crippen LogP contribution in [0.25, 0.3) is 0 Å². The average molecular weight is 397 g/mol. The van der Waals surface area contributed by atoms with Crippen LogP contribution in [0.1, 0.15) is 5.56 Å². The molecule has 2 nitrogen and oxygen atoms in total. The Kier molecular flexibility index (Phi) is 5.97. The van der Waals surface area contributed by atoms with Crippen molar-refractivity contribution in [2.45, 2.75) is 23.2 Å². The minimum Gasteiger partial charge on any atom is -0.404 e. The fourth-order valence-corrected chi connectivity index (χ4v) is 2.26. The molecule has 1 aromatic rings. The van der Waals surface area contributed by atoms with E-state index in [0.29, 0.717) is 0 Å². The van der Waals surface area contributed by atoms with E-state index in [1.165, 1.54) is 0 Å². The van der Waals surface area contributed by atoms with Crippen LogP contribution in [0.4, 0.5) is 26.3 Å². The normalized spacial score (nSPS) is 12.3. The highest BCUT2D eigenvalue weighted by molar-refractivity contribution is 9.09. The fraction of sp³-hybridized carbons (Fsp3) is 0.364. The van der Waals surface area contributed by atoms with Crippen LogP contribution in [0, 0.1) is 0 Å². The van der Waals surface area contributed by atoms with Gasteiger partial charge in [-0.15, -0.1) is 13.2 Å². The number of halogens is 7. The maximum atomic E-state index is 12.4. The predicted molar refractivity (Wildman–Crippen MR) is 67.5 cm³/mol. The lowest BCUT2D eigenvalue weighted by atomic mass is 10.1. The van der Waals surface area contributed by atoms with Crippen LogP contribution in [0.5, 0.6) is 5.75 Å². The van der Waals surface area contributed by atoms with Crippen molar-refractivity contribution in [2.24, 2.45) is 0 Å². The minimum atomic E-state index is -5.16. The summed E-state index contributed by atoms with van der Waals surface area (Å²) in [4.78, 5) is 10.5. The van der Waals surface area contributed by atoms with Crippen molar-refractivity contribution in [3.05, 3.63) is 23.8 Å². The number of hydrogen-bond donors (Lipinski definition) is 0. The number of carbonyl (C=O) groups excluding carboxylic acids is 1. The monoisotopic (exact) mass is 396 g/mol. The second-order valence-electron chi connectivity index (χ2n) is 3.69. The summed E-state index contributed by atoms with van der Waals surface area (Å²) in [6.07, 6.45) is -5.63. The summed E-state index contributed by atoms with van der Waals surface area (Å²) in [5.41, 5.74) is -5.03. The number of ketones is 1. The summed E-state index contributed by atoms with van der Waals surface area (Å²) in [6.45, 7) is 0. The maximum absolute atomic E-state index is 12.4. The Morgan fingerprint density at radius 2 is 1.81 bits per heavy atom. The molecule has 10 heteroatoms. The molecule has 0 N–H and O–H groups in total. The van der Waals surface area contributed by atoms with Crippen LogP contribution in [0.2, 0.25) is 0 Å². The van der Waals surface area contributed by atoms with E-state index in [4.69, 9.17) is 0 Å². The van der Waals surface area contributed by atoms with Gasteiger partial charge >= 0.3 is 11.9 Å². The Labute approximate surface area is 128 Å². The molecule has 0 heterocycles. The SMILES string of the molecule is O=C(CBr)Cc1cccc(SC(F)(F)F)c1OC(F)(F)F. The van der Waals surface area contributed by atoms with E-state index in [-0.39, 0.29) is 10.9 Å². The van der Waals surface area contributed by atoms with E-state index in [1.54, 1.807) is 0 Å². The minimum absolute atomic E-state index is 0.130. The van der Waals surface area contributed by atoms with Crippen LogP contribution in [-0.4, -0.2) is 23.0 Å². The van der Waals surface area contributed by atoms with Crippen LogP contribution in [0.3, 0.4) is 0 Å². The number of carbonyl (C=O) groups is 1. The van der Waals surface area contributed by atoms with Gasteiger partial charge in [0.15, 0.2) is 0 Å². The lowest BCUT2D eigenvalue weighted by Gasteiger charge is -2.17. The first kappa shape index (κ1) is 18.1. The van der Waals surface area contributed by atoms with Gasteiger partial charge in [0, 0.05) is 12.0 Å². The Hall–Kier alpha value is -0.900. The van der Waals surface area contributed by atoms with Crippen LogP contribution >= 0.6 is 27.7 Å². The predicted octanol–water partition coefficient (Wildman–Crippen LogP) is 4.70. The lowest BCUT2D eigenvalue weighted by molar-refractivity contribution is -0.275. The van der Waals surface area contributed by atoms with Crippen LogP contribution < -0.4 is 4.74 Å². The van der Waals surface area contributed by atoms with Crippen molar-refractivity contribution in [1.82, 2.24) is 0 Å². The first-order valence-electron chi connectivity index (χ1n) is 5.23. The zero-order valence-corrected chi connectivity index (χ0v) is 12.4. The van der Waals surface area contributed by atoms with E-state index in [9.17, 15) is 31.1 Å². The molecule has 0 aliphatic carbocycles. The summed E-state index contributed by atoms with van der Waals surface area (Å²) in [5.74, 6) is -1.49. The van der Waals surface area contributed by atoms with Crippen molar-refractivity contribution in [2.75, 3.05) is 5.33 Å². The molecule has 21 heavy (non-hydrogen) atoms. The molecular formula is C11H7BrF6O2S. The number of alkyl halides is 7. The van der Waals surface area contributed by atoms with Crippen molar-refractivity contribution in [1.29, 1.82) is 0 Å². The largest absolute Gasteiger partial charge is 0.573 e. The second kappa shape index (κ2) is 6.91. The van der Waals surface area contributed by atoms with Gasteiger partial charge in [-0.05, 0) is 17.8 Å². The maximum Gasteiger partial charge on any atom is 0.573 e. The molecule has 0 amide bonds. The van der Waals surface area contributed by atoms with Crippen molar-refractivity contribution < 1.29 is 35.9 Å². The molecule has 1 aromatic carbocycles. The number of rotatable bonds is 5. The summed E-state index contributed by atoms with van der Waals surface area (Å²) in [6, 6.07) is 3.09. The van der Waals surface area contributed by atoms with E-state index in [2.05, 4.69) is 20.7 Å². The summed E-state index contributed by atoms with van der Waals surface area (Å²) < 4.78 is 77.8. The zero-order chi connectivity index (χ0) is 16.3. The molecule has 118 valence electrons. The Bertz CT molecular complexity index is 514. The third-order valence-corrected chi connectivity index (χ3v) is 3.44. The molecule has 0 aliphatic heterocycles. The summed E-state index contributed by atoms with van der Waals surface area (Å²) in [5, 5.41) is -0.130. The number of benzene rings is 1. The van der Waals surface area contributed by atoms with Gasteiger partial charge in [0.05, 0.1) is 10.2 Å². The number of para-hydroxylation sites is 1. The Morgan fingerprint density at radius 1 is 1.19 bits per heavy atom. The standard InChI is InChI=1S/C11H7BrF6O2S/c12-5-7(19)4-6-2-1-3-8(21-11(16,17)18)9(6)20-10(13,14)15/h1-3H,4-5H2. The first-order valence-corrected chi connectivity index (χ1v) is 7.16. The van der Waals surface area contributed by atoms with Gasteiger partial charge in [0.1, 0.15) is 11.5 Å². The summed E-state index contributed by atoms with van der Waals surface area (Å²) in [7, 11) is 0. The number of Topliss-reactive ketones (excluding diaryl/α,β-unsaturated/α-hetero) is 1. The second-order valence-corrected chi connectivity index (χ2v) is 5.36. The smallest absolute Gasteiger partial charge is 0.404 e. The average Bonchev–Trinajstić information content (AvgIpc) is 2.29. The molecule has 0 atom stereocenters. The van der Waals surface area contributed by atoms with Crippen molar-refractivity contribution in [3.63, 3.8) is 0 Å². The van der Waals surface area contributed by atoms with Crippen molar-refractivity contribution >= 4 is 33.5 Å². The highest BCUT2D eigenvalue weighted by Crippen LogP contribution is 2.44.